The second-order valence-electron chi connectivity index (χ2n) is 9.91. The lowest BCUT2D eigenvalue weighted by molar-refractivity contribution is 0.0797. The van der Waals surface area contributed by atoms with Crippen LogP contribution < -0.4 is 10.1 Å². The molecule has 5 aromatic rings. The minimum absolute atomic E-state index is 0.158. The largest absolute Gasteiger partial charge is 0.457 e. The molecule has 40 heavy (non-hydrogen) atoms. The minimum atomic E-state index is -0.158. The Morgan fingerprint density at radius 3 is 2.62 bits per heavy atom. The maximum Gasteiger partial charge on any atom is 0.128 e. The van der Waals surface area contributed by atoms with E-state index in [1.54, 1.807) is 29.7 Å². The standard InChI is InChI=1S/C32H27ClN4O2S/c33-24-2-1-3-28(16-24)39-27-7-5-25(6-8-27)36-32-23(17-34)18-35-31-15-21(4-9-30(31)32)22-14-29(40-20-22)19-37-12-10-26(38)11-13-37/h1-9,14-16,18,20,26,38H,10-13,19H2,(H,35,36). The molecule has 0 saturated carbocycles. The number of piperidine rings is 1. The molecular formula is C32H27ClN4O2S. The summed E-state index contributed by atoms with van der Waals surface area (Å²) in [6.45, 7) is 2.78. The van der Waals surface area contributed by atoms with Gasteiger partial charge >= 0.3 is 0 Å². The van der Waals surface area contributed by atoms with Gasteiger partial charge in [0.1, 0.15) is 17.6 Å². The van der Waals surface area contributed by atoms with Crippen molar-refractivity contribution in [2.24, 2.45) is 0 Å². The lowest BCUT2D eigenvalue weighted by Gasteiger charge is -2.28. The molecule has 3 heterocycles. The first-order valence-corrected chi connectivity index (χ1v) is 14.4. The van der Waals surface area contributed by atoms with Crippen LogP contribution >= 0.6 is 22.9 Å². The third kappa shape index (κ3) is 5.96. The van der Waals surface area contributed by atoms with Crippen LogP contribution in [0.1, 0.15) is 23.3 Å². The van der Waals surface area contributed by atoms with Crippen LogP contribution in [0.4, 0.5) is 11.4 Å². The van der Waals surface area contributed by atoms with E-state index >= 15 is 0 Å². The highest BCUT2D eigenvalue weighted by Crippen LogP contribution is 2.34. The summed E-state index contributed by atoms with van der Waals surface area (Å²) in [7, 11) is 0. The Kier molecular flexibility index (Phi) is 7.67. The Morgan fingerprint density at radius 2 is 1.85 bits per heavy atom. The predicted octanol–water partition coefficient (Wildman–Crippen LogP) is 7.98. The van der Waals surface area contributed by atoms with Gasteiger partial charge in [0.15, 0.2) is 0 Å². The molecule has 0 amide bonds. The molecule has 0 bridgehead atoms. The van der Waals surface area contributed by atoms with Crippen LogP contribution in [0.3, 0.4) is 0 Å². The van der Waals surface area contributed by atoms with E-state index in [2.05, 4.69) is 44.8 Å². The molecule has 0 radical (unpaired) electrons. The van der Waals surface area contributed by atoms with E-state index in [1.807, 2.05) is 42.5 Å². The number of aromatic nitrogens is 1. The highest BCUT2D eigenvalue weighted by Gasteiger charge is 2.18. The molecule has 8 heteroatoms. The van der Waals surface area contributed by atoms with Gasteiger partial charge in [-0.1, -0.05) is 29.8 Å². The fourth-order valence-electron chi connectivity index (χ4n) is 4.92. The number of hydrogen-bond acceptors (Lipinski definition) is 7. The van der Waals surface area contributed by atoms with Gasteiger partial charge in [0.25, 0.3) is 0 Å². The quantitative estimate of drug-likeness (QED) is 0.208. The summed E-state index contributed by atoms with van der Waals surface area (Å²) in [5.74, 6) is 1.35. The fourth-order valence-corrected chi connectivity index (χ4v) is 6.04. The van der Waals surface area contributed by atoms with Crippen molar-refractivity contribution >= 4 is 45.2 Å². The summed E-state index contributed by atoms with van der Waals surface area (Å²) in [6, 6.07) is 25.5. The van der Waals surface area contributed by atoms with Crippen molar-refractivity contribution in [1.29, 1.82) is 5.26 Å². The van der Waals surface area contributed by atoms with E-state index in [0.717, 1.165) is 65.9 Å². The third-order valence-electron chi connectivity index (χ3n) is 7.07. The number of pyridine rings is 1. The van der Waals surface area contributed by atoms with Crippen LogP contribution in [0.5, 0.6) is 11.5 Å². The number of halogens is 1. The summed E-state index contributed by atoms with van der Waals surface area (Å²) in [4.78, 5) is 8.31. The van der Waals surface area contributed by atoms with Gasteiger partial charge in [-0.3, -0.25) is 9.88 Å². The molecule has 6 rings (SSSR count). The number of thiophene rings is 1. The number of aliphatic hydroxyl groups is 1. The molecule has 0 unspecified atom stereocenters. The monoisotopic (exact) mass is 566 g/mol. The fraction of sp³-hybridized carbons (Fsp3) is 0.188. The summed E-state index contributed by atoms with van der Waals surface area (Å²) >= 11 is 7.82. The Labute approximate surface area is 242 Å². The summed E-state index contributed by atoms with van der Waals surface area (Å²) < 4.78 is 5.90. The summed E-state index contributed by atoms with van der Waals surface area (Å²) in [5.41, 5.74) is 5.10. The number of fused-ring (bicyclic) bond motifs is 1. The molecule has 2 aromatic heterocycles. The zero-order chi connectivity index (χ0) is 27.5. The van der Waals surface area contributed by atoms with Crippen LogP contribution in [0.15, 0.2) is 84.4 Å². The molecule has 0 aliphatic carbocycles. The summed E-state index contributed by atoms with van der Waals surface area (Å²) in [6.07, 6.45) is 3.15. The highest BCUT2D eigenvalue weighted by atomic mass is 35.5. The van der Waals surface area contributed by atoms with E-state index < -0.39 is 0 Å². The smallest absolute Gasteiger partial charge is 0.128 e. The van der Waals surface area contributed by atoms with Gasteiger partial charge in [-0.25, -0.2) is 0 Å². The molecular weight excluding hydrogens is 540 g/mol. The number of rotatable bonds is 7. The Morgan fingerprint density at radius 1 is 1.02 bits per heavy atom. The van der Waals surface area contributed by atoms with Crippen LogP contribution in [0.2, 0.25) is 5.02 Å². The molecule has 3 aromatic carbocycles. The van der Waals surface area contributed by atoms with Gasteiger partial charge in [-0.15, -0.1) is 11.3 Å². The predicted molar refractivity (Wildman–Crippen MR) is 162 cm³/mol. The van der Waals surface area contributed by atoms with Crippen LogP contribution in [0, 0.1) is 11.3 Å². The first-order valence-electron chi connectivity index (χ1n) is 13.2. The number of hydrogen-bond donors (Lipinski definition) is 2. The number of nitrogens with one attached hydrogen (secondary N) is 1. The van der Waals surface area contributed by atoms with Crippen molar-refractivity contribution in [3.8, 4) is 28.7 Å². The molecule has 0 spiro atoms. The zero-order valence-electron chi connectivity index (χ0n) is 21.7. The maximum atomic E-state index is 9.79. The lowest BCUT2D eigenvalue weighted by Crippen LogP contribution is -2.35. The summed E-state index contributed by atoms with van der Waals surface area (Å²) in [5, 5.41) is 26.7. The topological polar surface area (TPSA) is 81.4 Å². The first-order chi connectivity index (χ1) is 19.5. The number of nitriles is 1. The van der Waals surface area contributed by atoms with E-state index in [1.165, 1.54) is 4.88 Å². The van der Waals surface area contributed by atoms with Crippen molar-refractivity contribution in [1.82, 2.24) is 9.88 Å². The third-order valence-corrected chi connectivity index (χ3v) is 8.23. The van der Waals surface area contributed by atoms with Crippen molar-refractivity contribution in [3.05, 3.63) is 99.8 Å². The van der Waals surface area contributed by atoms with Gasteiger partial charge in [0, 0.05) is 46.8 Å². The van der Waals surface area contributed by atoms with Crippen molar-refractivity contribution in [2.45, 2.75) is 25.5 Å². The second-order valence-corrected chi connectivity index (χ2v) is 11.3. The van der Waals surface area contributed by atoms with E-state index in [-0.39, 0.29) is 6.10 Å². The molecule has 200 valence electrons. The van der Waals surface area contributed by atoms with Crippen molar-refractivity contribution in [3.63, 3.8) is 0 Å². The van der Waals surface area contributed by atoms with Gasteiger partial charge in [0.2, 0.25) is 0 Å². The van der Waals surface area contributed by atoms with Gasteiger partial charge in [-0.2, -0.15) is 5.26 Å². The first kappa shape index (κ1) is 26.3. The van der Waals surface area contributed by atoms with Crippen molar-refractivity contribution < 1.29 is 9.84 Å². The molecule has 0 atom stereocenters. The number of aliphatic hydroxyl groups excluding tert-OH is 1. The number of ether oxygens (including phenoxy) is 1. The molecule has 6 nitrogen and oxygen atoms in total. The van der Waals surface area contributed by atoms with E-state index in [0.29, 0.717) is 22.1 Å². The average molecular weight is 567 g/mol. The second kappa shape index (κ2) is 11.7. The average Bonchev–Trinajstić information content (AvgIpc) is 3.44. The zero-order valence-corrected chi connectivity index (χ0v) is 23.3. The number of anilines is 2. The molecule has 1 saturated heterocycles. The number of likely N-dealkylation sites (tertiary alicyclic amines) is 1. The normalized spacial score (nSPS) is 14.2. The Hall–Kier alpha value is -3.93. The van der Waals surface area contributed by atoms with Crippen LogP contribution in [-0.4, -0.2) is 34.2 Å². The highest BCUT2D eigenvalue weighted by molar-refractivity contribution is 7.10. The minimum Gasteiger partial charge on any atom is -0.457 e. The molecule has 1 fully saturated rings. The van der Waals surface area contributed by atoms with Gasteiger partial charge < -0.3 is 15.2 Å². The Bertz CT molecular complexity index is 1690. The molecule has 1 aliphatic rings. The number of nitrogens with zero attached hydrogens (tertiary/aromatic N) is 3. The Balaban J connectivity index is 1.21. The maximum absolute atomic E-state index is 9.79. The SMILES string of the molecule is N#Cc1cnc2cc(-c3csc(CN4CCC(O)CC4)c3)ccc2c1Nc1ccc(Oc2cccc(Cl)c2)cc1. The molecule has 1 aliphatic heterocycles. The molecule has 2 N–H and O–H groups in total. The lowest BCUT2D eigenvalue weighted by atomic mass is 10.0. The van der Waals surface area contributed by atoms with E-state index in [9.17, 15) is 10.4 Å². The van der Waals surface area contributed by atoms with E-state index in [4.69, 9.17) is 16.3 Å². The number of benzene rings is 3. The van der Waals surface area contributed by atoms with Gasteiger partial charge in [0.05, 0.1) is 22.9 Å². The van der Waals surface area contributed by atoms with Gasteiger partial charge in [-0.05, 0) is 83.9 Å². The van der Waals surface area contributed by atoms with Crippen LogP contribution in [-0.2, 0) is 6.54 Å². The van der Waals surface area contributed by atoms with Crippen molar-refractivity contribution in [2.75, 3.05) is 18.4 Å². The van der Waals surface area contributed by atoms with Crippen LogP contribution in [0.25, 0.3) is 22.0 Å².